The highest BCUT2D eigenvalue weighted by Gasteiger charge is 2.36. The summed E-state index contributed by atoms with van der Waals surface area (Å²) in [5, 5.41) is 3.92. The maximum atomic E-state index is 13.5. The first-order valence-corrected chi connectivity index (χ1v) is 11.0. The number of aromatic nitrogens is 3. The van der Waals surface area contributed by atoms with Crippen LogP contribution in [-0.2, 0) is 15.8 Å². The van der Waals surface area contributed by atoms with Crippen LogP contribution in [0.1, 0.15) is 74.4 Å². The molecular formula is C22H27F3N4O2. The number of carbonyl (C=O) groups excluding carboxylic acids is 2. The summed E-state index contributed by atoms with van der Waals surface area (Å²) in [5.41, 5.74) is 0.251. The van der Waals surface area contributed by atoms with E-state index in [0.717, 1.165) is 29.8 Å². The number of ketones is 1. The lowest BCUT2D eigenvalue weighted by molar-refractivity contribution is -0.142. The third-order valence-corrected chi connectivity index (χ3v) is 6.51. The molecule has 1 atom stereocenters. The van der Waals surface area contributed by atoms with E-state index in [9.17, 15) is 22.8 Å². The summed E-state index contributed by atoms with van der Waals surface area (Å²) >= 11 is 0. The van der Waals surface area contributed by atoms with Gasteiger partial charge in [-0.15, -0.1) is 0 Å². The average Bonchev–Trinajstić information content (AvgIpc) is 3.11. The van der Waals surface area contributed by atoms with Crippen LogP contribution < -0.4 is 0 Å². The van der Waals surface area contributed by atoms with Gasteiger partial charge in [0.25, 0.3) is 0 Å². The fraction of sp³-hybridized carbons (Fsp3) is 0.636. The van der Waals surface area contributed by atoms with Gasteiger partial charge in [-0.2, -0.15) is 18.3 Å². The van der Waals surface area contributed by atoms with E-state index in [0.29, 0.717) is 56.6 Å². The zero-order chi connectivity index (χ0) is 22.2. The highest BCUT2D eigenvalue weighted by molar-refractivity contribution is 5.83. The smallest absolute Gasteiger partial charge is 0.343 e. The molecule has 3 heterocycles. The zero-order valence-corrected chi connectivity index (χ0v) is 17.6. The molecule has 6 nitrogen and oxygen atoms in total. The third kappa shape index (κ3) is 4.75. The van der Waals surface area contributed by atoms with Crippen LogP contribution in [-0.4, -0.2) is 44.3 Å². The van der Waals surface area contributed by atoms with Gasteiger partial charge in [0.15, 0.2) is 5.65 Å². The van der Waals surface area contributed by atoms with E-state index >= 15 is 0 Å². The maximum absolute atomic E-state index is 13.5. The van der Waals surface area contributed by atoms with Gasteiger partial charge in [0.05, 0.1) is 5.69 Å². The van der Waals surface area contributed by atoms with Gasteiger partial charge in [-0.3, -0.25) is 9.59 Å². The minimum atomic E-state index is -4.53. The van der Waals surface area contributed by atoms with Crippen LogP contribution in [0.5, 0.6) is 0 Å². The van der Waals surface area contributed by atoms with Crippen LogP contribution >= 0.6 is 0 Å². The second-order valence-corrected chi connectivity index (χ2v) is 8.72. The molecule has 0 aromatic carbocycles. The molecule has 0 unspecified atom stereocenters. The SMILES string of the molecule is Cc1cc2nc(C3CCN(C(=O)CC[C@H]4CCCCC4=O)CC3)cc(C(F)(F)F)n2n1. The molecule has 0 radical (unpaired) electrons. The maximum Gasteiger partial charge on any atom is 0.433 e. The Bertz CT molecular complexity index is 977. The molecule has 2 aromatic rings. The number of alkyl halides is 3. The number of amides is 1. The Balaban J connectivity index is 1.40. The summed E-state index contributed by atoms with van der Waals surface area (Å²) < 4.78 is 41.5. The first kappa shape index (κ1) is 21.8. The lowest BCUT2D eigenvalue weighted by atomic mass is 9.84. The number of piperidine rings is 1. The first-order valence-electron chi connectivity index (χ1n) is 11.0. The van der Waals surface area contributed by atoms with Gasteiger partial charge >= 0.3 is 6.18 Å². The van der Waals surface area contributed by atoms with E-state index in [4.69, 9.17) is 0 Å². The number of Topliss-reactive ketones (excluding diaryl/α,β-unsaturated/α-hetero) is 1. The van der Waals surface area contributed by atoms with E-state index in [1.54, 1.807) is 17.9 Å². The van der Waals surface area contributed by atoms with E-state index in [-0.39, 0.29) is 29.2 Å². The van der Waals surface area contributed by atoms with Crippen molar-refractivity contribution < 1.29 is 22.8 Å². The molecule has 1 saturated heterocycles. The minimum absolute atomic E-state index is 0.00562. The van der Waals surface area contributed by atoms with Crippen LogP contribution in [0.25, 0.3) is 5.65 Å². The quantitative estimate of drug-likeness (QED) is 0.717. The Morgan fingerprint density at radius 3 is 2.58 bits per heavy atom. The van der Waals surface area contributed by atoms with Crippen molar-refractivity contribution in [3.8, 4) is 0 Å². The first-order chi connectivity index (χ1) is 14.7. The Hall–Kier alpha value is -2.45. The molecule has 4 rings (SSSR count). The lowest BCUT2D eigenvalue weighted by Gasteiger charge is -2.32. The van der Waals surface area contributed by atoms with Crippen LogP contribution in [0.15, 0.2) is 12.1 Å². The minimum Gasteiger partial charge on any atom is -0.343 e. The van der Waals surface area contributed by atoms with Crippen molar-refractivity contribution in [2.75, 3.05) is 13.1 Å². The fourth-order valence-electron chi connectivity index (χ4n) is 4.76. The summed E-state index contributed by atoms with van der Waals surface area (Å²) in [5.74, 6) is 0.175. The predicted molar refractivity (Wildman–Crippen MR) is 107 cm³/mol. The van der Waals surface area contributed by atoms with Crippen LogP contribution in [0.2, 0.25) is 0 Å². The largest absolute Gasteiger partial charge is 0.433 e. The molecule has 0 spiro atoms. The van der Waals surface area contributed by atoms with Crippen LogP contribution in [0.4, 0.5) is 13.2 Å². The lowest BCUT2D eigenvalue weighted by Crippen LogP contribution is -2.38. The second-order valence-electron chi connectivity index (χ2n) is 8.72. The number of carbonyl (C=O) groups is 2. The molecule has 1 saturated carbocycles. The summed E-state index contributed by atoms with van der Waals surface area (Å²) in [4.78, 5) is 30.8. The van der Waals surface area contributed by atoms with Crippen molar-refractivity contribution >= 4 is 17.3 Å². The number of fused-ring (bicyclic) bond motifs is 1. The molecule has 0 N–H and O–H groups in total. The third-order valence-electron chi connectivity index (χ3n) is 6.51. The Labute approximate surface area is 178 Å². The highest BCUT2D eigenvalue weighted by atomic mass is 19.4. The van der Waals surface area contributed by atoms with E-state index < -0.39 is 11.9 Å². The van der Waals surface area contributed by atoms with Gasteiger partial charge in [0.2, 0.25) is 5.91 Å². The molecule has 1 amide bonds. The van der Waals surface area contributed by atoms with Gasteiger partial charge < -0.3 is 4.90 Å². The van der Waals surface area contributed by atoms with Crippen molar-refractivity contribution in [1.82, 2.24) is 19.5 Å². The second kappa shape index (κ2) is 8.59. The standard InChI is InChI=1S/C22H27F3N4O2/c1-14-12-20-26-17(13-19(22(23,24)25)29(20)27-14)15-8-10-28(11-9-15)21(31)7-6-16-4-2-3-5-18(16)30/h12-13,15-16H,2-11H2,1H3/t16-/m1/s1. The molecule has 168 valence electrons. The van der Waals surface area contributed by atoms with E-state index in [2.05, 4.69) is 10.1 Å². The van der Waals surface area contributed by atoms with Gasteiger partial charge in [-0.05, 0) is 45.1 Å². The molecule has 2 fully saturated rings. The number of aryl methyl sites for hydroxylation is 1. The van der Waals surface area contributed by atoms with Crippen molar-refractivity contribution in [1.29, 1.82) is 0 Å². The average molecular weight is 436 g/mol. The Kier molecular flexibility index (Phi) is 6.03. The Morgan fingerprint density at radius 1 is 1.16 bits per heavy atom. The van der Waals surface area contributed by atoms with E-state index in [1.165, 1.54) is 0 Å². The molecule has 0 bridgehead atoms. The van der Waals surface area contributed by atoms with Crippen molar-refractivity contribution in [2.24, 2.45) is 5.92 Å². The molecule has 9 heteroatoms. The number of halogens is 3. The van der Waals surface area contributed by atoms with Gasteiger partial charge in [0.1, 0.15) is 11.5 Å². The number of likely N-dealkylation sites (tertiary alicyclic amines) is 1. The van der Waals surface area contributed by atoms with Crippen molar-refractivity contribution in [3.05, 3.63) is 29.2 Å². The van der Waals surface area contributed by atoms with Crippen molar-refractivity contribution in [2.45, 2.75) is 70.4 Å². The molecule has 2 aromatic heterocycles. The highest BCUT2D eigenvalue weighted by Crippen LogP contribution is 2.34. The van der Waals surface area contributed by atoms with Gasteiger partial charge in [-0.1, -0.05) is 6.42 Å². The predicted octanol–water partition coefficient (Wildman–Crippen LogP) is 4.30. The summed E-state index contributed by atoms with van der Waals surface area (Å²) in [7, 11) is 0. The number of hydrogen-bond donors (Lipinski definition) is 0. The van der Waals surface area contributed by atoms with Gasteiger partial charge in [0, 0.05) is 49.5 Å². The molecule has 31 heavy (non-hydrogen) atoms. The normalized spacial score (nSPS) is 21.1. The molecular weight excluding hydrogens is 409 g/mol. The van der Waals surface area contributed by atoms with E-state index in [1.807, 2.05) is 0 Å². The molecule has 2 aliphatic rings. The number of rotatable bonds is 4. The summed E-state index contributed by atoms with van der Waals surface area (Å²) in [6, 6.07) is 2.64. The van der Waals surface area contributed by atoms with Crippen molar-refractivity contribution in [3.63, 3.8) is 0 Å². The van der Waals surface area contributed by atoms with Crippen LogP contribution in [0, 0.1) is 12.8 Å². The fourth-order valence-corrected chi connectivity index (χ4v) is 4.76. The number of nitrogens with zero attached hydrogens (tertiary/aromatic N) is 4. The number of hydrogen-bond acceptors (Lipinski definition) is 4. The molecule has 1 aliphatic carbocycles. The monoisotopic (exact) mass is 436 g/mol. The Morgan fingerprint density at radius 2 is 1.90 bits per heavy atom. The molecule has 1 aliphatic heterocycles. The topological polar surface area (TPSA) is 67.6 Å². The van der Waals surface area contributed by atoms with Gasteiger partial charge in [-0.25, -0.2) is 9.50 Å². The zero-order valence-electron chi connectivity index (χ0n) is 17.6. The summed E-state index contributed by atoms with van der Waals surface area (Å²) in [6.07, 6.45) is 1.07. The summed E-state index contributed by atoms with van der Waals surface area (Å²) in [6.45, 7) is 2.63. The van der Waals surface area contributed by atoms with Crippen LogP contribution in [0.3, 0.4) is 0 Å².